The summed E-state index contributed by atoms with van der Waals surface area (Å²) in [5.74, 6) is 0.496. The summed E-state index contributed by atoms with van der Waals surface area (Å²) in [6.07, 6.45) is 3.17. The molecule has 0 saturated carbocycles. The van der Waals surface area contributed by atoms with E-state index in [1.165, 1.54) is 36.0 Å². The third-order valence-electron chi connectivity index (χ3n) is 4.61. The number of ether oxygens (including phenoxy) is 1. The van der Waals surface area contributed by atoms with E-state index in [-0.39, 0.29) is 17.5 Å². The van der Waals surface area contributed by atoms with Gasteiger partial charge in [0.25, 0.3) is 0 Å². The zero-order valence-electron chi connectivity index (χ0n) is 17.5. The van der Waals surface area contributed by atoms with E-state index < -0.39 is 0 Å². The number of pyridine rings is 1. The molecule has 0 aliphatic heterocycles. The maximum absolute atomic E-state index is 13.0. The van der Waals surface area contributed by atoms with Crippen molar-refractivity contribution in [3.63, 3.8) is 0 Å². The van der Waals surface area contributed by atoms with E-state index in [0.29, 0.717) is 28.4 Å². The molecule has 168 valence electrons. The maximum Gasteiger partial charge on any atom is 0.230 e. The third-order valence-corrected chi connectivity index (χ3v) is 5.96. The fraction of sp³-hybridized carbons (Fsp3) is 0.130. The monoisotopic (exact) mass is 483 g/mol. The number of carbonyl (C=O) groups excluding carboxylic acids is 1. The van der Waals surface area contributed by atoms with Crippen LogP contribution in [0.15, 0.2) is 72.3 Å². The second-order valence-electron chi connectivity index (χ2n) is 7.04. The number of hydrogen-bond acceptors (Lipinski definition) is 6. The van der Waals surface area contributed by atoms with Crippen molar-refractivity contribution in [2.75, 3.05) is 5.75 Å². The molecular weight excluding hydrogens is 465 g/mol. The Labute approximate surface area is 199 Å². The molecule has 4 rings (SSSR count). The van der Waals surface area contributed by atoms with Crippen molar-refractivity contribution in [3.8, 4) is 17.3 Å². The van der Waals surface area contributed by atoms with E-state index in [0.717, 1.165) is 16.8 Å². The van der Waals surface area contributed by atoms with Gasteiger partial charge in [-0.3, -0.25) is 9.36 Å². The lowest BCUT2D eigenvalue weighted by atomic mass is 10.2. The van der Waals surface area contributed by atoms with Gasteiger partial charge in [0.15, 0.2) is 5.16 Å². The summed E-state index contributed by atoms with van der Waals surface area (Å²) < 4.78 is 20.4. The Morgan fingerprint density at radius 1 is 1.18 bits per heavy atom. The topological polar surface area (TPSA) is 81.9 Å². The maximum atomic E-state index is 13.0. The molecule has 0 fully saturated rings. The first kappa shape index (κ1) is 22.8. The van der Waals surface area contributed by atoms with E-state index >= 15 is 0 Å². The average molecular weight is 484 g/mol. The highest BCUT2D eigenvalue weighted by atomic mass is 35.5. The number of carbonyl (C=O) groups is 1. The van der Waals surface area contributed by atoms with E-state index in [1.807, 2.05) is 25.1 Å². The highest BCUT2D eigenvalue weighted by Gasteiger charge is 2.11. The van der Waals surface area contributed by atoms with Gasteiger partial charge in [-0.05, 0) is 60.5 Å². The number of hydrogen-bond donors (Lipinski definition) is 1. The Bertz CT molecular complexity index is 1270. The Kier molecular flexibility index (Phi) is 7.21. The minimum Gasteiger partial charge on any atom is -0.439 e. The summed E-state index contributed by atoms with van der Waals surface area (Å²) in [4.78, 5) is 16.5. The van der Waals surface area contributed by atoms with Crippen molar-refractivity contribution in [2.24, 2.45) is 0 Å². The number of benzene rings is 2. The van der Waals surface area contributed by atoms with Crippen LogP contribution in [0, 0.1) is 12.7 Å². The lowest BCUT2D eigenvalue weighted by molar-refractivity contribution is -0.118. The van der Waals surface area contributed by atoms with E-state index in [1.54, 1.807) is 29.2 Å². The number of nitrogens with zero attached hydrogens (tertiary/aromatic N) is 4. The highest BCUT2D eigenvalue weighted by Crippen LogP contribution is 2.24. The molecule has 0 saturated heterocycles. The predicted octanol–water partition coefficient (Wildman–Crippen LogP) is 4.96. The van der Waals surface area contributed by atoms with Gasteiger partial charge in [0, 0.05) is 23.8 Å². The van der Waals surface area contributed by atoms with Crippen molar-refractivity contribution in [1.29, 1.82) is 0 Å². The third kappa shape index (κ3) is 6.09. The molecule has 2 aromatic heterocycles. The molecule has 2 aromatic carbocycles. The Morgan fingerprint density at radius 3 is 2.79 bits per heavy atom. The molecule has 0 atom stereocenters. The minimum absolute atomic E-state index is 0.158. The molecule has 0 aliphatic rings. The number of rotatable bonds is 8. The van der Waals surface area contributed by atoms with Gasteiger partial charge >= 0.3 is 0 Å². The molecular formula is C23H19ClFN5O2S. The molecule has 0 bridgehead atoms. The Hall–Kier alpha value is -3.43. The summed E-state index contributed by atoms with van der Waals surface area (Å²) in [7, 11) is 0. The highest BCUT2D eigenvalue weighted by molar-refractivity contribution is 7.99. The largest absolute Gasteiger partial charge is 0.439 e. The molecule has 0 unspecified atom stereocenters. The van der Waals surface area contributed by atoms with Crippen LogP contribution in [-0.2, 0) is 11.3 Å². The zero-order chi connectivity index (χ0) is 23.2. The van der Waals surface area contributed by atoms with Crippen LogP contribution in [0.25, 0.3) is 5.69 Å². The van der Waals surface area contributed by atoms with Crippen molar-refractivity contribution in [2.45, 2.75) is 18.6 Å². The van der Waals surface area contributed by atoms with Crippen molar-refractivity contribution in [1.82, 2.24) is 25.1 Å². The van der Waals surface area contributed by atoms with Gasteiger partial charge in [-0.1, -0.05) is 29.4 Å². The molecule has 1 amide bonds. The summed E-state index contributed by atoms with van der Waals surface area (Å²) in [5, 5.41) is 12.1. The van der Waals surface area contributed by atoms with Crippen LogP contribution in [-0.4, -0.2) is 31.4 Å². The number of amides is 1. The lowest BCUT2D eigenvalue weighted by Crippen LogP contribution is -2.24. The van der Waals surface area contributed by atoms with Crippen LogP contribution < -0.4 is 10.1 Å². The molecule has 1 N–H and O–H groups in total. The van der Waals surface area contributed by atoms with Crippen molar-refractivity contribution >= 4 is 29.3 Å². The van der Waals surface area contributed by atoms with E-state index in [9.17, 15) is 9.18 Å². The Morgan fingerprint density at radius 2 is 2.00 bits per heavy atom. The fourth-order valence-electron chi connectivity index (χ4n) is 2.85. The fourth-order valence-corrected chi connectivity index (χ4v) is 3.79. The predicted molar refractivity (Wildman–Crippen MR) is 124 cm³/mol. The van der Waals surface area contributed by atoms with Crippen LogP contribution in [0.2, 0.25) is 5.02 Å². The van der Waals surface area contributed by atoms with Crippen molar-refractivity contribution in [3.05, 3.63) is 89.1 Å². The second-order valence-corrected chi connectivity index (χ2v) is 8.39. The number of aryl methyl sites for hydroxylation is 1. The molecule has 7 nitrogen and oxygen atoms in total. The smallest absolute Gasteiger partial charge is 0.230 e. The number of nitrogens with one attached hydrogen (secondary N) is 1. The van der Waals surface area contributed by atoms with Crippen LogP contribution in [0.4, 0.5) is 4.39 Å². The lowest BCUT2D eigenvalue weighted by Gasteiger charge is -2.09. The first-order valence-electron chi connectivity index (χ1n) is 9.92. The van der Waals surface area contributed by atoms with Crippen molar-refractivity contribution < 1.29 is 13.9 Å². The van der Waals surface area contributed by atoms with Crippen LogP contribution >= 0.6 is 23.4 Å². The molecule has 0 aliphatic carbocycles. The standard InChI is InChI=1S/C23H19ClFN5O2S/c1-15-2-5-18(11-20(15)24)30-14-28-29-23(30)33-13-21(31)27-12-16-8-9-26-22(10-16)32-19-6-3-17(25)4-7-19/h2-11,14H,12-13H2,1H3,(H,27,31). The zero-order valence-corrected chi connectivity index (χ0v) is 19.1. The van der Waals surface area contributed by atoms with Gasteiger partial charge < -0.3 is 10.1 Å². The molecule has 0 spiro atoms. The normalized spacial score (nSPS) is 10.8. The second kappa shape index (κ2) is 10.5. The first-order valence-corrected chi connectivity index (χ1v) is 11.3. The van der Waals surface area contributed by atoms with Gasteiger partial charge in [0.05, 0.1) is 11.4 Å². The first-order chi connectivity index (χ1) is 16.0. The molecule has 2 heterocycles. The SMILES string of the molecule is Cc1ccc(-n2cnnc2SCC(=O)NCc2ccnc(Oc3ccc(F)cc3)c2)cc1Cl. The quantitative estimate of drug-likeness (QED) is 0.356. The van der Waals surface area contributed by atoms with E-state index in [2.05, 4.69) is 20.5 Å². The molecule has 10 heteroatoms. The van der Waals surface area contributed by atoms with Gasteiger partial charge in [-0.25, -0.2) is 9.37 Å². The van der Waals surface area contributed by atoms with E-state index in [4.69, 9.17) is 16.3 Å². The van der Waals surface area contributed by atoms with Crippen LogP contribution in [0.5, 0.6) is 11.6 Å². The van der Waals surface area contributed by atoms with Gasteiger partial charge in [-0.2, -0.15) is 0 Å². The molecule has 0 radical (unpaired) electrons. The number of halogens is 2. The van der Waals surface area contributed by atoms with Gasteiger partial charge in [0.1, 0.15) is 17.9 Å². The van der Waals surface area contributed by atoms with Crippen LogP contribution in [0.1, 0.15) is 11.1 Å². The van der Waals surface area contributed by atoms with Gasteiger partial charge in [-0.15, -0.1) is 10.2 Å². The molecule has 4 aromatic rings. The summed E-state index contributed by atoms with van der Waals surface area (Å²) in [6.45, 7) is 2.24. The summed E-state index contributed by atoms with van der Waals surface area (Å²) >= 11 is 7.49. The Balaban J connectivity index is 1.31. The number of aromatic nitrogens is 4. The summed E-state index contributed by atoms with van der Waals surface area (Å²) in [6, 6.07) is 14.8. The minimum atomic E-state index is -0.342. The van der Waals surface area contributed by atoms with Crippen LogP contribution in [0.3, 0.4) is 0 Å². The summed E-state index contributed by atoms with van der Waals surface area (Å²) in [5.41, 5.74) is 2.62. The average Bonchev–Trinajstić information content (AvgIpc) is 3.29. The van der Waals surface area contributed by atoms with Gasteiger partial charge in [0.2, 0.25) is 11.8 Å². The molecule has 33 heavy (non-hydrogen) atoms. The number of thioether (sulfide) groups is 1.